The fourth-order valence-corrected chi connectivity index (χ4v) is 4.82. The topological polar surface area (TPSA) is 93.7 Å². The molecule has 0 heterocycles. The first-order chi connectivity index (χ1) is 16.8. The highest BCUT2D eigenvalue weighted by Crippen LogP contribution is 2.27. The fraction of sp³-hybridized carbons (Fsp3) is 0.269. The molecule has 0 aliphatic carbocycles. The minimum atomic E-state index is -3.78. The Morgan fingerprint density at radius 3 is 2.23 bits per heavy atom. The van der Waals surface area contributed by atoms with Gasteiger partial charge in [0.2, 0.25) is 0 Å². The van der Waals surface area contributed by atoms with E-state index in [1.165, 1.54) is 32.1 Å². The number of benzene rings is 3. The van der Waals surface area contributed by atoms with Crippen LogP contribution in [-0.4, -0.2) is 28.0 Å². The van der Waals surface area contributed by atoms with Crippen LogP contribution in [0.2, 0.25) is 0 Å². The Kier molecular flexibility index (Phi) is 9.56. The van der Waals surface area contributed by atoms with Gasteiger partial charge in [-0.15, -0.1) is 0 Å². The molecule has 0 fully saturated rings. The lowest BCUT2D eigenvalue weighted by molar-refractivity contribution is 0.102. The molecule has 0 aliphatic heterocycles. The van der Waals surface area contributed by atoms with Crippen molar-refractivity contribution < 1.29 is 22.7 Å². The number of hydrogen-bond acceptors (Lipinski definition) is 5. The molecular formula is C26H29BrN2O5S. The maximum Gasteiger partial charge on any atom is 0.261 e. The lowest BCUT2D eigenvalue weighted by Crippen LogP contribution is -2.14. The Morgan fingerprint density at radius 1 is 0.914 bits per heavy atom. The van der Waals surface area contributed by atoms with Crippen LogP contribution in [0.25, 0.3) is 0 Å². The molecule has 0 radical (unpaired) electrons. The molecule has 3 aromatic rings. The summed E-state index contributed by atoms with van der Waals surface area (Å²) in [7, 11) is -2.24. The predicted octanol–water partition coefficient (Wildman–Crippen LogP) is 6.47. The Labute approximate surface area is 215 Å². The van der Waals surface area contributed by atoms with Crippen molar-refractivity contribution in [1.82, 2.24) is 0 Å². The third-order valence-electron chi connectivity index (χ3n) is 5.21. The maximum absolute atomic E-state index is 12.7. The summed E-state index contributed by atoms with van der Waals surface area (Å²) in [5.41, 5.74) is 1.35. The zero-order chi connectivity index (χ0) is 25.3. The van der Waals surface area contributed by atoms with Crippen molar-refractivity contribution >= 4 is 43.2 Å². The molecule has 0 aromatic heterocycles. The molecule has 0 saturated heterocycles. The van der Waals surface area contributed by atoms with Crippen molar-refractivity contribution in [3.63, 3.8) is 0 Å². The van der Waals surface area contributed by atoms with Gasteiger partial charge in [-0.3, -0.25) is 9.52 Å². The summed E-state index contributed by atoms with van der Waals surface area (Å²) in [5.74, 6) is 1.01. The van der Waals surface area contributed by atoms with E-state index in [1.807, 2.05) is 0 Å². The standard InChI is InChI=1S/C26H29BrN2O5S/c1-3-4-5-6-17-34-25-16-7-19(18-24(25)27)26(30)28-20-10-14-23(15-11-20)35(31,32)29-21-8-12-22(33-2)13-9-21/h7-16,18,29H,3-6,17H2,1-2H3,(H,28,30). The molecule has 0 atom stereocenters. The second kappa shape index (κ2) is 12.6. The van der Waals surface area contributed by atoms with E-state index in [0.29, 0.717) is 39.5 Å². The molecule has 1 amide bonds. The zero-order valence-corrected chi connectivity index (χ0v) is 22.1. The number of amides is 1. The summed E-state index contributed by atoms with van der Waals surface area (Å²) < 4.78 is 39.4. The summed E-state index contributed by atoms with van der Waals surface area (Å²) in [5, 5.41) is 2.78. The SMILES string of the molecule is CCCCCCOc1ccc(C(=O)Nc2ccc(S(=O)(=O)Nc3ccc(OC)cc3)cc2)cc1Br. The second-order valence-corrected chi connectivity index (χ2v) is 10.4. The lowest BCUT2D eigenvalue weighted by Gasteiger charge is -2.11. The number of sulfonamides is 1. The number of rotatable bonds is 12. The van der Waals surface area contributed by atoms with Gasteiger partial charge in [0.05, 0.1) is 23.1 Å². The van der Waals surface area contributed by atoms with E-state index >= 15 is 0 Å². The van der Waals surface area contributed by atoms with Crippen molar-refractivity contribution in [2.45, 2.75) is 37.5 Å². The summed E-state index contributed by atoms with van der Waals surface area (Å²) in [4.78, 5) is 12.7. The first kappa shape index (κ1) is 26.6. The normalized spacial score (nSPS) is 11.1. The number of anilines is 2. The van der Waals surface area contributed by atoms with Crippen molar-refractivity contribution in [2.75, 3.05) is 23.8 Å². The molecule has 2 N–H and O–H groups in total. The van der Waals surface area contributed by atoms with Crippen LogP contribution in [0.15, 0.2) is 76.1 Å². The number of unbranched alkanes of at least 4 members (excludes halogenated alkanes) is 3. The van der Waals surface area contributed by atoms with E-state index in [2.05, 4.69) is 32.9 Å². The van der Waals surface area contributed by atoms with Gasteiger partial charge in [0.1, 0.15) is 11.5 Å². The Morgan fingerprint density at radius 2 is 1.60 bits per heavy atom. The number of carbonyl (C=O) groups excluding carboxylic acids is 1. The molecule has 3 aromatic carbocycles. The van der Waals surface area contributed by atoms with Gasteiger partial charge in [-0.25, -0.2) is 8.42 Å². The highest BCUT2D eigenvalue weighted by molar-refractivity contribution is 9.10. The van der Waals surface area contributed by atoms with E-state index in [0.717, 1.165) is 12.8 Å². The first-order valence-electron chi connectivity index (χ1n) is 11.3. The van der Waals surface area contributed by atoms with Gasteiger partial charge in [0, 0.05) is 16.9 Å². The lowest BCUT2D eigenvalue weighted by atomic mass is 10.2. The van der Waals surface area contributed by atoms with Gasteiger partial charge in [0.25, 0.3) is 15.9 Å². The Hall–Kier alpha value is -3.04. The number of halogens is 1. The summed E-state index contributed by atoms with van der Waals surface area (Å²) >= 11 is 3.46. The van der Waals surface area contributed by atoms with Crippen LogP contribution < -0.4 is 19.5 Å². The molecule has 0 bridgehead atoms. The third-order valence-corrected chi connectivity index (χ3v) is 7.23. The smallest absolute Gasteiger partial charge is 0.261 e. The molecule has 9 heteroatoms. The molecule has 0 spiro atoms. The highest BCUT2D eigenvalue weighted by atomic mass is 79.9. The minimum absolute atomic E-state index is 0.0782. The van der Waals surface area contributed by atoms with Crippen molar-refractivity contribution in [3.8, 4) is 11.5 Å². The van der Waals surface area contributed by atoms with Crippen molar-refractivity contribution in [1.29, 1.82) is 0 Å². The van der Waals surface area contributed by atoms with Crippen LogP contribution in [0, 0.1) is 0 Å². The predicted molar refractivity (Wildman–Crippen MR) is 142 cm³/mol. The van der Waals surface area contributed by atoms with E-state index in [1.54, 1.807) is 54.6 Å². The van der Waals surface area contributed by atoms with Crippen LogP contribution >= 0.6 is 15.9 Å². The highest BCUT2D eigenvalue weighted by Gasteiger charge is 2.15. The largest absolute Gasteiger partial charge is 0.497 e. The average molecular weight is 561 g/mol. The Balaban J connectivity index is 1.59. The molecule has 0 aliphatic rings. The van der Waals surface area contributed by atoms with Crippen molar-refractivity contribution in [2.24, 2.45) is 0 Å². The molecule has 35 heavy (non-hydrogen) atoms. The summed E-state index contributed by atoms with van der Waals surface area (Å²) in [6, 6.07) is 17.7. The van der Waals surface area contributed by atoms with Crippen LogP contribution in [-0.2, 0) is 10.0 Å². The molecular weight excluding hydrogens is 532 g/mol. The van der Waals surface area contributed by atoms with Gasteiger partial charge in [-0.1, -0.05) is 26.2 Å². The average Bonchev–Trinajstić information content (AvgIpc) is 2.85. The summed E-state index contributed by atoms with van der Waals surface area (Å²) in [6.45, 7) is 2.80. The van der Waals surface area contributed by atoms with Crippen LogP contribution in [0.4, 0.5) is 11.4 Å². The number of methoxy groups -OCH3 is 1. The van der Waals surface area contributed by atoms with Gasteiger partial charge < -0.3 is 14.8 Å². The molecule has 3 rings (SSSR count). The molecule has 186 valence electrons. The van der Waals surface area contributed by atoms with E-state index in [4.69, 9.17) is 9.47 Å². The Bertz CT molecular complexity index is 1230. The van der Waals surface area contributed by atoms with Crippen LogP contribution in [0.5, 0.6) is 11.5 Å². The molecule has 0 unspecified atom stereocenters. The van der Waals surface area contributed by atoms with Gasteiger partial charge in [-0.2, -0.15) is 0 Å². The fourth-order valence-electron chi connectivity index (χ4n) is 3.26. The third kappa shape index (κ3) is 7.73. The maximum atomic E-state index is 12.7. The van der Waals surface area contributed by atoms with Gasteiger partial charge in [0.15, 0.2) is 0 Å². The quantitative estimate of drug-likeness (QED) is 0.247. The molecule has 0 saturated carbocycles. The van der Waals surface area contributed by atoms with E-state index in [9.17, 15) is 13.2 Å². The molecule has 7 nitrogen and oxygen atoms in total. The zero-order valence-electron chi connectivity index (χ0n) is 19.7. The van der Waals surface area contributed by atoms with Crippen LogP contribution in [0.3, 0.4) is 0 Å². The number of nitrogens with one attached hydrogen (secondary N) is 2. The number of hydrogen-bond donors (Lipinski definition) is 2. The number of carbonyl (C=O) groups is 1. The van der Waals surface area contributed by atoms with E-state index in [-0.39, 0.29) is 10.8 Å². The number of ether oxygens (including phenoxy) is 2. The van der Waals surface area contributed by atoms with Gasteiger partial charge >= 0.3 is 0 Å². The summed E-state index contributed by atoms with van der Waals surface area (Å²) in [6.07, 6.45) is 4.48. The van der Waals surface area contributed by atoms with Gasteiger partial charge in [-0.05, 0) is 89.1 Å². The monoisotopic (exact) mass is 560 g/mol. The van der Waals surface area contributed by atoms with Crippen LogP contribution in [0.1, 0.15) is 43.0 Å². The first-order valence-corrected chi connectivity index (χ1v) is 13.6. The van der Waals surface area contributed by atoms with Crippen molar-refractivity contribution in [3.05, 3.63) is 76.8 Å². The second-order valence-electron chi connectivity index (χ2n) is 7.87. The minimum Gasteiger partial charge on any atom is -0.497 e. The van der Waals surface area contributed by atoms with E-state index < -0.39 is 10.0 Å².